The Morgan fingerprint density at radius 1 is 1.50 bits per heavy atom. The predicted octanol–water partition coefficient (Wildman–Crippen LogP) is 1.25. The van der Waals surface area contributed by atoms with Crippen molar-refractivity contribution in [1.29, 1.82) is 0 Å². The highest BCUT2D eigenvalue weighted by atomic mass is 32.2. The molecule has 58 valence electrons. The number of hydrogen-bond acceptors (Lipinski definition) is 2. The number of allylic oxidation sites excluding steroid dienone is 1. The van der Waals surface area contributed by atoms with E-state index < -0.39 is 10.8 Å². The summed E-state index contributed by atoms with van der Waals surface area (Å²) in [5.74, 6) is 0.606. The molecule has 0 radical (unpaired) electrons. The van der Waals surface area contributed by atoms with Crippen LogP contribution >= 0.6 is 0 Å². The van der Waals surface area contributed by atoms with Gasteiger partial charge in [-0.05, 0) is 6.08 Å². The zero-order chi connectivity index (χ0) is 7.98. The van der Waals surface area contributed by atoms with Gasteiger partial charge < -0.3 is 0 Å². The van der Waals surface area contributed by atoms with Crippen LogP contribution in [0.15, 0.2) is 11.5 Å². The van der Waals surface area contributed by atoms with Crippen LogP contribution < -0.4 is 0 Å². The number of hydrogen-bond donors (Lipinski definition) is 0. The maximum absolute atomic E-state index is 10.7. The second kappa shape index (κ2) is 5.35. The van der Waals surface area contributed by atoms with Crippen LogP contribution in [-0.2, 0) is 15.6 Å². The number of rotatable bonds is 4. The van der Waals surface area contributed by atoms with Crippen molar-refractivity contribution in [3.8, 4) is 0 Å². The minimum Gasteiger partial charge on any atom is -0.295 e. The smallest absolute Gasteiger partial charge is 0.156 e. The average molecular weight is 160 g/mol. The van der Waals surface area contributed by atoms with E-state index in [1.165, 1.54) is 11.5 Å². The molecule has 0 aliphatic carbocycles. The Balaban J connectivity index is 3.75. The third kappa shape index (κ3) is 4.44. The second-order valence-corrected chi connectivity index (χ2v) is 3.40. The molecular formula is C7H12O2S. The van der Waals surface area contributed by atoms with Crippen LogP contribution in [0.2, 0.25) is 0 Å². The van der Waals surface area contributed by atoms with E-state index in [2.05, 4.69) is 0 Å². The van der Waals surface area contributed by atoms with Crippen molar-refractivity contribution >= 4 is 16.6 Å². The first-order valence-electron chi connectivity index (χ1n) is 3.28. The zero-order valence-electron chi connectivity index (χ0n) is 6.29. The molecule has 0 spiro atoms. The van der Waals surface area contributed by atoms with Crippen molar-refractivity contribution in [1.82, 2.24) is 0 Å². The maximum atomic E-state index is 10.7. The van der Waals surface area contributed by atoms with E-state index >= 15 is 0 Å². The molecule has 0 aromatic carbocycles. The fraction of sp³-hybridized carbons (Fsp3) is 0.571. The molecule has 1 atom stereocenters. The summed E-state index contributed by atoms with van der Waals surface area (Å²) in [5.41, 5.74) is 0. The van der Waals surface area contributed by atoms with E-state index in [4.69, 9.17) is 0 Å². The van der Waals surface area contributed by atoms with E-state index in [1.54, 1.807) is 6.92 Å². The summed E-state index contributed by atoms with van der Waals surface area (Å²) in [6.07, 6.45) is 1.87. The van der Waals surface area contributed by atoms with Gasteiger partial charge in [0.25, 0.3) is 0 Å². The minimum absolute atomic E-state index is 0.0294. The van der Waals surface area contributed by atoms with Crippen molar-refractivity contribution in [2.75, 3.05) is 5.75 Å². The molecule has 10 heavy (non-hydrogen) atoms. The fourth-order valence-corrected chi connectivity index (χ4v) is 0.862. The van der Waals surface area contributed by atoms with Crippen molar-refractivity contribution in [3.05, 3.63) is 11.5 Å². The Morgan fingerprint density at radius 3 is 2.50 bits per heavy atom. The second-order valence-electron chi connectivity index (χ2n) is 1.79. The standard InChI is InChI=1S/C7H12O2S/c1-3-7(8)5-6-10(9)4-2/h5-6H,3-4H2,1-2H3/b6-5-. The van der Waals surface area contributed by atoms with Gasteiger partial charge in [0.2, 0.25) is 0 Å². The molecule has 0 amide bonds. The molecule has 0 saturated carbocycles. The van der Waals surface area contributed by atoms with Crippen LogP contribution in [0.5, 0.6) is 0 Å². The first-order chi connectivity index (χ1) is 4.70. The number of ketones is 1. The fourth-order valence-electron chi connectivity index (χ4n) is 0.366. The van der Waals surface area contributed by atoms with Crippen molar-refractivity contribution < 1.29 is 9.00 Å². The Hall–Kier alpha value is -0.440. The Morgan fingerprint density at radius 2 is 2.10 bits per heavy atom. The highest BCUT2D eigenvalue weighted by Gasteiger charge is 1.91. The molecule has 0 fully saturated rings. The van der Waals surface area contributed by atoms with Gasteiger partial charge in [-0.15, -0.1) is 0 Å². The molecule has 0 N–H and O–H groups in total. The maximum Gasteiger partial charge on any atom is 0.156 e. The Bertz CT molecular complexity index is 143. The van der Waals surface area contributed by atoms with Crippen LogP contribution in [-0.4, -0.2) is 15.7 Å². The summed E-state index contributed by atoms with van der Waals surface area (Å²) >= 11 is 0. The summed E-state index contributed by atoms with van der Waals surface area (Å²) < 4.78 is 10.7. The number of carbonyl (C=O) groups excluding carboxylic acids is 1. The minimum atomic E-state index is -0.951. The van der Waals surface area contributed by atoms with Crippen molar-refractivity contribution in [2.45, 2.75) is 20.3 Å². The van der Waals surface area contributed by atoms with Crippen LogP contribution in [0.4, 0.5) is 0 Å². The number of carbonyl (C=O) groups is 1. The molecule has 0 aromatic heterocycles. The third-order valence-electron chi connectivity index (χ3n) is 1.04. The van der Waals surface area contributed by atoms with Gasteiger partial charge >= 0.3 is 0 Å². The first-order valence-corrected chi connectivity index (χ1v) is 4.67. The molecule has 3 heteroatoms. The molecule has 0 aliphatic heterocycles. The van der Waals surface area contributed by atoms with Gasteiger partial charge in [-0.3, -0.25) is 9.00 Å². The molecular weight excluding hydrogens is 148 g/mol. The Kier molecular flexibility index (Phi) is 5.12. The lowest BCUT2D eigenvalue weighted by molar-refractivity contribution is -0.114. The van der Waals surface area contributed by atoms with Crippen LogP contribution in [0, 0.1) is 0 Å². The molecule has 0 aromatic rings. The summed E-state index contributed by atoms with van der Waals surface area (Å²) in [6, 6.07) is 0. The molecule has 0 bridgehead atoms. The highest BCUT2D eigenvalue weighted by Crippen LogP contribution is 1.87. The van der Waals surface area contributed by atoms with Crippen molar-refractivity contribution in [3.63, 3.8) is 0 Å². The van der Waals surface area contributed by atoms with Gasteiger partial charge in [-0.1, -0.05) is 13.8 Å². The third-order valence-corrected chi connectivity index (χ3v) is 2.05. The molecule has 0 saturated heterocycles. The summed E-state index contributed by atoms with van der Waals surface area (Å²) in [4.78, 5) is 10.6. The van der Waals surface area contributed by atoms with E-state index in [0.29, 0.717) is 12.2 Å². The topological polar surface area (TPSA) is 34.1 Å². The summed E-state index contributed by atoms with van der Waals surface area (Å²) in [6.45, 7) is 3.60. The molecule has 0 rings (SSSR count). The summed E-state index contributed by atoms with van der Waals surface area (Å²) in [7, 11) is -0.951. The quantitative estimate of drug-likeness (QED) is 0.580. The lowest BCUT2D eigenvalue weighted by Gasteiger charge is -1.85. The van der Waals surface area contributed by atoms with Crippen LogP contribution in [0.3, 0.4) is 0 Å². The van der Waals surface area contributed by atoms with Gasteiger partial charge in [0, 0.05) is 28.4 Å². The SMILES string of the molecule is CCC(=O)/C=C\S(=O)CC. The largest absolute Gasteiger partial charge is 0.295 e. The first kappa shape index (κ1) is 9.56. The Labute approximate surface area is 63.8 Å². The highest BCUT2D eigenvalue weighted by molar-refractivity contribution is 7.87. The van der Waals surface area contributed by atoms with Gasteiger partial charge in [0.1, 0.15) is 0 Å². The van der Waals surface area contributed by atoms with E-state index in [-0.39, 0.29) is 5.78 Å². The zero-order valence-corrected chi connectivity index (χ0v) is 7.11. The van der Waals surface area contributed by atoms with Gasteiger partial charge in [0.15, 0.2) is 5.78 Å². The molecule has 0 aliphatic rings. The lowest BCUT2D eigenvalue weighted by Crippen LogP contribution is -1.91. The van der Waals surface area contributed by atoms with E-state index in [9.17, 15) is 9.00 Å². The van der Waals surface area contributed by atoms with Crippen LogP contribution in [0.1, 0.15) is 20.3 Å². The van der Waals surface area contributed by atoms with E-state index in [1.807, 2.05) is 6.92 Å². The van der Waals surface area contributed by atoms with E-state index in [0.717, 1.165) is 0 Å². The normalized spacial score (nSPS) is 13.8. The summed E-state index contributed by atoms with van der Waals surface area (Å²) in [5, 5.41) is 1.45. The monoisotopic (exact) mass is 160 g/mol. The van der Waals surface area contributed by atoms with Gasteiger partial charge in [-0.2, -0.15) is 0 Å². The average Bonchev–Trinajstić information content (AvgIpc) is 1.99. The molecule has 2 nitrogen and oxygen atoms in total. The molecule has 0 heterocycles. The molecule has 1 unspecified atom stereocenters. The predicted molar refractivity (Wildman–Crippen MR) is 43.1 cm³/mol. The van der Waals surface area contributed by atoms with Crippen molar-refractivity contribution in [2.24, 2.45) is 0 Å². The lowest BCUT2D eigenvalue weighted by atomic mass is 10.3. The van der Waals surface area contributed by atoms with Gasteiger partial charge in [-0.25, -0.2) is 0 Å². The van der Waals surface area contributed by atoms with Crippen LogP contribution in [0.25, 0.3) is 0 Å². The van der Waals surface area contributed by atoms with Gasteiger partial charge in [0.05, 0.1) is 0 Å².